The lowest BCUT2D eigenvalue weighted by Crippen LogP contribution is -2.27. The van der Waals surface area contributed by atoms with E-state index in [1.807, 2.05) is 0 Å². The van der Waals surface area contributed by atoms with Gasteiger partial charge >= 0.3 is 0 Å². The summed E-state index contributed by atoms with van der Waals surface area (Å²) < 4.78 is 48.8. The second-order valence-electron chi connectivity index (χ2n) is 8.82. The summed E-state index contributed by atoms with van der Waals surface area (Å²) >= 11 is 0. The van der Waals surface area contributed by atoms with Crippen LogP contribution in [0.2, 0.25) is 0 Å². The highest BCUT2D eigenvalue weighted by atomic mass is 32.2. The van der Waals surface area contributed by atoms with Crippen molar-refractivity contribution in [2.75, 3.05) is 38.0 Å². The van der Waals surface area contributed by atoms with Gasteiger partial charge in [-0.1, -0.05) is 12.1 Å². The van der Waals surface area contributed by atoms with E-state index in [0.717, 1.165) is 0 Å². The van der Waals surface area contributed by atoms with Gasteiger partial charge in [0.05, 0.1) is 66.9 Å². The molecule has 0 saturated carbocycles. The third kappa shape index (κ3) is 7.02. The number of hydrogen-bond donors (Lipinski definition) is 3. The van der Waals surface area contributed by atoms with Gasteiger partial charge in [-0.3, -0.25) is 9.59 Å². The summed E-state index contributed by atoms with van der Waals surface area (Å²) in [4.78, 5) is 25.6. The van der Waals surface area contributed by atoms with E-state index in [4.69, 9.17) is 18.6 Å². The van der Waals surface area contributed by atoms with Crippen molar-refractivity contribution in [3.05, 3.63) is 90.4 Å². The number of methoxy groups -OCH3 is 2. The second-order valence-corrected chi connectivity index (χ2v) is 10.7. The average Bonchev–Trinajstić information content (AvgIpc) is 3.53. The molecule has 12 heteroatoms. The topological polar surface area (TPSA) is 145 Å². The minimum Gasteiger partial charge on any atom is -0.494 e. The molecule has 0 radical (unpaired) electrons. The van der Waals surface area contributed by atoms with Gasteiger partial charge < -0.3 is 34.6 Å². The number of carbonyl (C=O) groups is 2. The molecule has 3 N–H and O–H groups in total. The molecule has 4 rings (SSSR count). The summed E-state index contributed by atoms with van der Waals surface area (Å²) in [6.07, 6.45) is 1.51. The van der Waals surface area contributed by atoms with Crippen LogP contribution < -0.4 is 30.2 Å². The first-order valence-corrected chi connectivity index (χ1v) is 14.4. The monoisotopic (exact) mass is 593 g/mol. The SMILES string of the molecule is CCOc1ccc(NCC(=O)Nc2ccccc2C(=O)NCc2ccco2)c(S(=O)(=O)c2ccc(OC)c(OC)c2)c1. The number of anilines is 2. The van der Waals surface area contributed by atoms with Crippen LogP contribution in [0, 0.1) is 0 Å². The van der Waals surface area contributed by atoms with Crippen LogP contribution in [0.25, 0.3) is 0 Å². The second kappa shape index (κ2) is 13.6. The van der Waals surface area contributed by atoms with E-state index in [2.05, 4.69) is 16.0 Å². The summed E-state index contributed by atoms with van der Waals surface area (Å²) in [6, 6.07) is 18.8. The average molecular weight is 594 g/mol. The van der Waals surface area contributed by atoms with Gasteiger partial charge in [0.1, 0.15) is 11.5 Å². The maximum atomic E-state index is 13.7. The minimum absolute atomic E-state index is 0.0317. The molecule has 0 spiro atoms. The molecule has 0 aliphatic carbocycles. The van der Waals surface area contributed by atoms with E-state index >= 15 is 0 Å². The highest BCUT2D eigenvalue weighted by Crippen LogP contribution is 2.35. The van der Waals surface area contributed by atoms with Crippen molar-refractivity contribution in [2.24, 2.45) is 0 Å². The number of amides is 2. The van der Waals surface area contributed by atoms with Gasteiger partial charge in [0.2, 0.25) is 15.7 Å². The molecule has 1 aromatic heterocycles. The lowest BCUT2D eigenvalue weighted by Gasteiger charge is -2.16. The van der Waals surface area contributed by atoms with Crippen LogP contribution in [0.5, 0.6) is 17.2 Å². The maximum absolute atomic E-state index is 13.7. The molecule has 4 aromatic rings. The Balaban J connectivity index is 1.53. The van der Waals surface area contributed by atoms with E-state index in [-0.39, 0.29) is 39.9 Å². The smallest absolute Gasteiger partial charge is 0.253 e. The predicted octanol–water partition coefficient (Wildman–Crippen LogP) is 4.51. The van der Waals surface area contributed by atoms with E-state index in [1.165, 1.54) is 50.8 Å². The van der Waals surface area contributed by atoms with Gasteiger partial charge in [0.25, 0.3) is 5.91 Å². The number of carbonyl (C=O) groups excluding carboxylic acids is 2. The fourth-order valence-corrected chi connectivity index (χ4v) is 5.54. The Hall–Kier alpha value is -4.97. The molecular weight excluding hydrogens is 562 g/mol. The number of rotatable bonds is 13. The van der Waals surface area contributed by atoms with Gasteiger partial charge in [-0.15, -0.1) is 0 Å². The summed E-state index contributed by atoms with van der Waals surface area (Å²) in [5, 5.41) is 8.37. The molecule has 2 amide bonds. The quantitative estimate of drug-likeness (QED) is 0.204. The third-order valence-electron chi connectivity index (χ3n) is 6.11. The first kappa shape index (κ1) is 30.0. The van der Waals surface area contributed by atoms with Crippen LogP contribution in [-0.2, 0) is 21.2 Å². The van der Waals surface area contributed by atoms with Crippen molar-refractivity contribution in [1.29, 1.82) is 0 Å². The summed E-state index contributed by atoms with van der Waals surface area (Å²) in [5.74, 6) is 0.670. The van der Waals surface area contributed by atoms with Crippen molar-refractivity contribution < 1.29 is 36.6 Å². The number of nitrogens with one attached hydrogen (secondary N) is 3. The molecule has 0 aliphatic rings. The summed E-state index contributed by atoms with van der Waals surface area (Å²) in [7, 11) is -1.22. The minimum atomic E-state index is -4.09. The van der Waals surface area contributed by atoms with Crippen LogP contribution in [0.1, 0.15) is 23.0 Å². The standard InChI is InChI=1S/C30H31N3O8S/c1-4-40-20-11-13-25(28(16-20)42(36,37)22-12-14-26(38-2)27(17-22)39-3)31-19-29(34)33-24-10-6-5-9-23(24)30(35)32-18-21-8-7-15-41-21/h5-17,31H,4,18-19H2,1-3H3,(H,32,35)(H,33,34). The number of benzene rings is 3. The number of furan rings is 1. The van der Waals surface area contributed by atoms with E-state index in [1.54, 1.807) is 49.4 Å². The van der Waals surface area contributed by atoms with Gasteiger partial charge in [0.15, 0.2) is 11.5 Å². The van der Waals surface area contributed by atoms with Crippen LogP contribution in [0.4, 0.5) is 11.4 Å². The molecule has 0 unspecified atom stereocenters. The molecule has 1 heterocycles. The largest absolute Gasteiger partial charge is 0.494 e. The lowest BCUT2D eigenvalue weighted by molar-refractivity contribution is -0.114. The zero-order valence-electron chi connectivity index (χ0n) is 23.3. The first-order valence-electron chi connectivity index (χ1n) is 12.9. The van der Waals surface area contributed by atoms with Gasteiger partial charge in [-0.05, 0) is 55.5 Å². The molecule has 0 atom stereocenters. The summed E-state index contributed by atoms with van der Waals surface area (Å²) in [5.41, 5.74) is 0.745. The zero-order chi connectivity index (χ0) is 30.1. The Morgan fingerprint density at radius 3 is 2.38 bits per heavy atom. The third-order valence-corrected chi connectivity index (χ3v) is 7.90. The Morgan fingerprint density at radius 2 is 1.67 bits per heavy atom. The first-order chi connectivity index (χ1) is 20.3. The molecule has 0 saturated heterocycles. The highest BCUT2D eigenvalue weighted by molar-refractivity contribution is 7.91. The van der Waals surface area contributed by atoms with Crippen LogP contribution >= 0.6 is 0 Å². The molecular formula is C30H31N3O8S. The zero-order valence-corrected chi connectivity index (χ0v) is 24.1. The molecule has 0 fully saturated rings. The summed E-state index contributed by atoms with van der Waals surface area (Å²) in [6.45, 7) is 2.02. The number of sulfone groups is 1. The van der Waals surface area contributed by atoms with Crippen molar-refractivity contribution >= 4 is 33.0 Å². The van der Waals surface area contributed by atoms with E-state index in [9.17, 15) is 18.0 Å². The molecule has 11 nitrogen and oxygen atoms in total. The Kier molecular flexibility index (Phi) is 9.71. The van der Waals surface area contributed by atoms with Crippen molar-refractivity contribution in [2.45, 2.75) is 23.3 Å². The van der Waals surface area contributed by atoms with Gasteiger partial charge in [-0.2, -0.15) is 0 Å². The van der Waals surface area contributed by atoms with Crippen molar-refractivity contribution in [3.63, 3.8) is 0 Å². The predicted molar refractivity (Wildman–Crippen MR) is 156 cm³/mol. The Morgan fingerprint density at radius 1 is 0.881 bits per heavy atom. The fraction of sp³-hybridized carbons (Fsp3) is 0.200. The highest BCUT2D eigenvalue weighted by Gasteiger charge is 2.25. The lowest BCUT2D eigenvalue weighted by atomic mass is 10.1. The normalized spacial score (nSPS) is 10.9. The van der Waals surface area contributed by atoms with Crippen LogP contribution in [0.3, 0.4) is 0 Å². The number of para-hydroxylation sites is 1. The maximum Gasteiger partial charge on any atom is 0.253 e. The van der Waals surface area contributed by atoms with Crippen LogP contribution in [-0.4, -0.2) is 47.6 Å². The van der Waals surface area contributed by atoms with Crippen molar-refractivity contribution in [3.8, 4) is 17.2 Å². The molecule has 220 valence electrons. The molecule has 42 heavy (non-hydrogen) atoms. The van der Waals surface area contributed by atoms with Crippen LogP contribution in [0.15, 0.2) is 93.3 Å². The van der Waals surface area contributed by atoms with E-state index < -0.39 is 21.7 Å². The Bertz CT molecular complexity index is 1650. The molecule has 3 aromatic carbocycles. The van der Waals surface area contributed by atoms with E-state index in [0.29, 0.717) is 29.6 Å². The number of ether oxygens (including phenoxy) is 3. The fourth-order valence-electron chi connectivity index (χ4n) is 4.07. The van der Waals surface area contributed by atoms with Crippen molar-refractivity contribution in [1.82, 2.24) is 5.32 Å². The number of hydrogen-bond acceptors (Lipinski definition) is 9. The van der Waals surface area contributed by atoms with Gasteiger partial charge in [0, 0.05) is 12.1 Å². The van der Waals surface area contributed by atoms with Gasteiger partial charge in [-0.25, -0.2) is 8.42 Å². The molecule has 0 aliphatic heterocycles. The Labute approximate surface area is 243 Å². The molecule has 0 bridgehead atoms.